The first-order chi connectivity index (χ1) is 15.3. The van der Waals surface area contributed by atoms with E-state index in [1.807, 2.05) is 18.3 Å². The van der Waals surface area contributed by atoms with Gasteiger partial charge in [-0.25, -0.2) is 9.97 Å². The van der Waals surface area contributed by atoms with Gasteiger partial charge in [0.25, 0.3) is 0 Å². The highest BCUT2D eigenvalue weighted by Crippen LogP contribution is 2.31. The number of halogens is 1. The molecule has 1 aliphatic carbocycles. The molecule has 31 heavy (non-hydrogen) atoms. The first-order valence-corrected chi connectivity index (χ1v) is 11.5. The minimum atomic E-state index is 0.712. The number of nitrogens with one attached hydrogen (secondary N) is 3. The Labute approximate surface area is 188 Å². The van der Waals surface area contributed by atoms with Crippen LogP contribution in [0.15, 0.2) is 48.7 Å². The molecule has 2 aromatic carbocycles. The maximum absolute atomic E-state index is 6.55. The van der Waals surface area contributed by atoms with Crippen molar-refractivity contribution in [2.24, 2.45) is 5.92 Å². The lowest BCUT2D eigenvalue weighted by atomic mass is 10.0. The molecule has 1 aromatic heterocycles. The van der Waals surface area contributed by atoms with Crippen LogP contribution in [0.4, 0.5) is 11.6 Å². The van der Waals surface area contributed by atoms with Gasteiger partial charge in [0, 0.05) is 24.8 Å². The molecule has 2 heterocycles. The SMILES string of the molecule is Clc1ccc2c(c1NCc1ccc(-c3ccnc(NCC4CC4)n3)cc1)CCNCC2. The van der Waals surface area contributed by atoms with Gasteiger partial charge in [0.1, 0.15) is 0 Å². The van der Waals surface area contributed by atoms with Gasteiger partial charge >= 0.3 is 0 Å². The highest BCUT2D eigenvalue weighted by Gasteiger charge is 2.21. The van der Waals surface area contributed by atoms with E-state index in [9.17, 15) is 0 Å². The van der Waals surface area contributed by atoms with E-state index in [2.05, 4.69) is 56.3 Å². The molecule has 6 heteroatoms. The summed E-state index contributed by atoms with van der Waals surface area (Å²) >= 11 is 6.55. The van der Waals surface area contributed by atoms with E-state index in [4.69, 9.17) is 11.6 Å². The Morgan fingerprint density at radius 1 is 0.968 bits per heavy atom. The molecule has 0 saturated heterocycles. The van der Waals surface area contributed by atoms with Crippen molar-refractivity contribution in [3.05, 3.63) is 70.4 Å². The summed E-state index contributed by atoms with van der Waals surface area (Å²) in [4.78, 5) is 9.02. The minimum absolute atomic E-state index is 0.712. The fourth-order valence-corrected chi connectivity index (χ4v) is 4.32. The molecule has 0 radical (unpaired) electrons. The number of benzene rings is 2. The molecule has 3 aromatic rings. The van der Waals surface area contributed by atoms with Crippen LogP contribution < -0.4 is 16.0 Å². The van der Waals surface area contributed by atoms with E-state index >= 15 is 0 Å². The van der Waals surface area contributed by atoms with Crippen LogP contribution in [0, 0.1) is 5.92 Å². The number of hydrogen-bond donors (Lipinski definition) is 3. The van der Waals surface area contributed by atoms with Gasteiger partial charge in [-0.05, 0) is 73.5 Å². The summed E-state index contributed by atoms with van der Waals surface area (Å²) in [5, 5.41) is 11.2. The van der Waals surface area contributed by atoms with Gasteiger partial charge in [0.15, 0.2) is 0 Å². The van der Waals surface area contributed by atoms with Gasteiger partial charge in [-0.1, -0.05) is 41.9 Å². The van der Waals surface area contributed by atoms with E-state index in [0.29, 0.717) is 5.95 Å². The number of nitrogens with zero attached hydrogens (tertiary/aromatic N) is 2. The Kier molecular flexibility index (Phi) is 6.05. The van der Waals surface area contributed by atoms with E-state index in [1.165, 1.54) is 29.5 Å². The van der Waals surface area contributed by atoms with E-state index in [0.717, 1.165) is 66.9 Å². The van der Waals surface area contributed by atoms with Crippen LogP contribution in [-0.2, 0) is 19.4 Å². The number of rotatable bonds is 7. The summed E-state index contributed by atoms with van der Waals surface area (Å²) in [5.74, 6) is 1.51. The third kappa shape index (κ3) is 5.00. The maximum atomic E-state index is 6.55. The Balaban J connectivity index is 1.27. The molecule has 5 rings (SSSR count). The van der Waals surface area contributed by atoms with Gasteiger partial charge in [-0.15, -0.1) is 0 Å². The topological polar surface area (TPSA) is 61.9 Å². The number of anilines is 2. The monoisotopic (exact) mass is 433 g/mol. The second-order valence-electron chi connectivity index (χ2n) is 8.45. The lowest BCUT2D eigenvalue weighted by Crippen LogP contribution is -2.16. The summed E-state index contributed by atoms with van der Waals surface area (Å²) in [7, 11) is 0. The number of hydrogen-bond acceptors (Lipinski definition) is 5. The van der Waals surface area contributed by atoms with Gasteiger partial charge in [0.2, 0.25) is 5.95 Å². The predicted octanol–water partition coefficient (Wildman–Crippen LogP) is 4.92. The molecule has 0 atom stereocenters. The molecule has 1 aliphatic heterocycles. The molecule has 0 unspecified atom stereocenters. The predicted molar refractivity (Wildman–Crippen MR) is 128 cm³/mol. The summed E-state index contributed by atoms with van der Waals surface area (Å²) < 4.78 is 0. The summed E-state index contributed by atoms with van der Waals surface area (Å²) in [6, 6.07) is 14.7. The standard InChI is InChI=1S/C25H28ClN5/c26-22-8-7-19-9-12-27-13-10-21(19)24(22)29-15-18-3-5-20(6-4-18)23-11-14-28-25(31-23)30-16-17-1-2-17/h3-8,11,14,17,27,29H,1-2,9-10,12-13,15-16H2,(H,28,30,31). The van der Waals surface area contributed by atoms with E-state index in [-0.39, 0.29) is 0 Å². The summed E-state index contributed by atoms with van der Waals surface area (Å²) in [6.45, 7) is 3.72. The van der Waals surface area contributed by atoms with Crippen LogP contribution in [0.3, 0.4) is 0 Å². The highest BCUT2D eigenvalue weighted by atomic mass is 35.5. The fraction of sp³-hybridized carbons (Fsp3) is 0.360. The van der Waals surface area contributed by atoms with Gasteiger partial charge < -0.3 is 16.0 Å². The Morgan fingerprint density at radius 3 is 2.65 bits per heavy atom. The average molecular weight is 434 g/mol. The first kappa shape index (κ1) is 20.3. The smallest absolute Gasteiger partial charge is 0.223 e. The van der Waals surface area contributed by atoms with Gasteiger partial charge in [0.05, 0.1) is 16.4 Å². The Hall–Kier alpha value is -2.63. The quantitative estimate of drug-likeness (QED) is 0.493. The molecule has 2 aliphatic rings. The second kappa shape index (κ2) is 9.25. The molecule has 0 bridgehead atoms. The molecule has 5 nitrogen and oxygen atoms in total. The lowest BCUT2D eigenvalue weighted by molar-refractivity contribution is 0.711. The van der Waals surface area contributed by atoms with Crippen molar-refractivity contribution >= 4 is 23.2 Å². The van der Waals surface area contributed by atoms with Gasteiger partial charge in [-0.3, -0.25) is 0 Å². The maximum Gasteiger partial charge on any atom is 0.223 e. The average Bonchev–Trinajstić information content (AvgIpc) is 3.65. The van der Waals surface area contributed by atoms with Crippen LogP contribution >= 0.6 is 11.6 Å². The van der Waals surface area contributed by atoms with Crippen molar-refractivity contribution < 1.29 is 0 Å². The van der Waals surface area contributed by atoms with E-state index < -0.39 is 0 Å². The molecule has 0 spiro atoms. The van der Waals surface area contributed by atoms with Crippen molar-refractivity contribution in [2.45, 2.75) is 32.2 Å². The van der Waals surface area contributed by atoms with Crippen molar-refractivity contribution in [1.82, 2.24) is 15.3 Å². The van der Waals surface area contributed by atoms with Crippen LogP contribution in [0.25, 0.3) is 11.3 Å². The first-order valence-electron chi connectivity index (χ1n) is 11.2. The number of fused-ring (bicyclic) bond motifs is 1. The lowest BCUT2D eigenvalue weighted by Gasteiger charge is -2.16. The Morgan fingerprint density at radius 2 is 1.81 bits per heavy atom. The third-order valence-corrected chi connectivity index (χ3v) is 6.42. The fourth-order valence-electron chi connectivity index (χ4n) is 4.08. The van der Waals surface area contributed by atoms with Crippen LogP contribution in [0.2, 0.25) is 5.02 Å². The van der Waals surface area contributed by atoms with Crippen molar-refractivity contribution in [3.8, 4) is 11.3 Å². The van der Waals surface area contributed by atoms with Gasteiger partial charge in [-0.2, -0.15) is 0 Å². The molecule has 0 amide bonds. The van der Waals surface area contributed by atoms with Crippen LogP contribution in [0.5, 0.6) is 0 Å². The zero-order chi connectivity index (χ0) is 21.0. The van der Waals surface area contributed by atoms with Crippen molar-refractivity contribution in [1.29, 1.82) is 0 Å². The molecular formula is C25H28ClN5. The second-order valence-corrected chi connectivity index (χ2v) is 8.86. The minimum Gasteiger partial charge on any atom is -0.380 e. The zero-order valence-corrected chi connectivity index (χ0v) is 18.4. The molecular weight excluding hydrogens is 406 g/mol. The molecule has 160 valence electrons. The Bertz CT molecular complexity index is 1050. The normalized spacial score (nSPS) is 15.8. The summed E-state index contributed by atoms with van der Waals surface area (Å²) in [5.41, 5.74) is 7.07. The van der Waals surface area contributed by atoms with Crippen molar-refractivity contribution in [3.63, 3.8) is 0 Å². The highest BCUT2D eigenvalue weighted by molar-refractivity contribution is 6.33. The van der Waals surface area contributed by atoms with E-state index in [1.54, 1.807) is 0 Å². The molecule has 1 saturated carbocycles. The third-order valence-electron chi connectivity index (χ3n) is 6.10. The van der Waals surface area contributed by atoms with Crippen LogP contribution in [-0.4, -0.2) is 29.6 Å². The molecule has 3 N–H and O–H groups in total. The zero-order valence-electron chi connectivity index (χ0n) is 17.6. The van der Waals surface area contributed by atoms with Crippen LogP contribution in [0.1, 0.15) is 29.5 Å². The molecule has 1 fully saturated rings. The van der Waals surface area contributed by atoms with Crippen molar-refractivity contribution in [2.75, 3.05) is 30.3 Å². The summed E-state index contributed by atoms with van der Waals surface area (Å²) in [6.07, 6.45) is 6.51. The largest absolute Gasteiger partial charge is 0.380 e. The number of aromatic nitrogens is 2.